The minimum Gasteiger partial charge on any atom is -0.379 e. The van der Waals surface area contributed by atoms with Gasteiger partial charge in [-0.25, -0.2) is 13.8 Å². The van der Waals surface area contributed by atoms with Crippen LogP contribution in [0.4, 0.5) is 13.9 Å². The van der Waals surface area contributed by atoms with Gasteiger partial charge in [-0.15, -0.1) is 0 Å². The van der Waals surface area contributed by atoms with Crippen molar-refractivity contribution in [3.8, 4) is 0 Å². The number of thiazole rings is 1. The van der Waals surface area contributed by atoms with Gasteiger partial charge in [-0.05, 0) is 25.5 Å². The Bertz CT molecular complexity index is 1060. The lowest BCUT2D eigenvalue weighted by Crippen LogP contribution is -2.39. The molecule has 1 fully saturated rings. The summed E-state index contributed by atoms with van der Waals surface area (Å²) in [5.74, 6) is -1.66. The van der Waals surface area contributed by atoms with Crippen molar-refractivity contribution < 1.29 is 18.3 Å². The number of morpholine rings is 1. The number of aromatic nitrogens is 3. The van der Waals surface area contributed by atoms with Gasteiger partial charge in [0.1, 0.15) is 17.0 Å². The smallest absolute Gasteiger partial charge is 0.278 e. The van der Waals surface area contributed by atoms with Crippen molar-refractivity contribution in [2.45, 2.75) is 13.3 Å². The van der Waals surface area contributed by atoms with Gasteiger partial charge in [0.2, 0.25) is 0 Å². The highest BCUT2D eigenvalue weighted by Crippen LogP contribution is 2.32. The van der Waals surface area contributed by atoms with Crippen LogP contribution in [0.25, 0.3) is 10.2 Å². The van der Waals surface area contributed by atoms with Crippen molar-refractivity contribution in [2.75, 3.05) is 44.3 Å². The van der Waals surface area contributed by atoms with Crippen LogP contribution >= 0.6 is 11.3 Å². The second-order valence-electron chi connectivity index (χ2n) is 7.29. The van der Waals surface area contributed by atoms with E-state index in [2.05, 4.69) is 15.0 Å². The number of fused-ring (bicyclic) bond motifs is 1. The average Bonchev–Trinajstić information content (AvgIpc) is 3.28. The fourth-order valence-electron chi connectivity index (χ4n) is 3.57. The van der Waals surface area contributed by atoms with Gasteiger partial charge < -0.3 is 4.74 Å². The van der Waals surface area contributed by atoms with Gasteiger partial charge in [0, 0.05) is 39.3 Å². The standard InChI is InChI=1S/C20H23F2N5O2S/c1-13-10-16(25(2)24-13)19(28)27(5-3-4-26-6-8-29-9-7-26)20-23-18-15(22)11-14(21)12-17(18)30-20/h10-12H,3-9H2,1-2H3. The maximum Gasteiger partial charge on any atom is 0.278 e. The Morgan fingerprint density at radius 2 is 2.03 bits per heavy atom. The molecule has 0 bridgehead atoms. The van der Waals surface area contributed by atoms with E-state index in [9.17, 15) is 13.6 Å². The number of hydrogen-bond acceptors (Lipinski definition) is 6. The first-order valence-electron chi connectivity index (χ1n) is 9.80. The van der Waals surface area contributed by atoms with E-state index in [0.717, 1.165) is 49.2 Å². The first kappa shape index (κ1) is 20.8. The number of ether oxygens (including phenoxy) is 1. The zero-order valence-corrected chi connectivity index (χ0v) is 17.7. The summed E-state index contributed by atoms with van der Waals surface area (Å²) in [6.07, 6.45) is 0.718. The topological polar surface area (TPSA) is 63.5 Å². The van der Waals surface area contributed by atoms with Crippen LogP contribution in [0.5, 0.6) is 0 Å². The maximum atomic E-state index is 14.2. The summed E-state index contributed by atoms with van der Waals surface area (Å²) in [7, 11) is 1.71. The fraction of sp³-hybridized carbons (Fsp3) is 0.450. The molecule has 1 amide bonds. The van der Waals surface area contributed by atoms with Crippen LogP contribution in [0.2, 0.25) is 0 Å². The molecule has 0 spiro atoms. The summed E-state index contributed by atoms with van der Waals surface area (Å²) in [5.41, 5.74) is 1.22. The van der Waals surface area contributed by atoms with Gasteiger partial charge >= 0.3 is 0 Å². The van der Waals surface area contributed by atoms with Crippen LogP contribution in [0.3, 0.4) is 0 Å². The molecular formula is C20H23F2N5O2S. The molecule has 0 radical (unpaired) electrons. The van der Waals surface area contributed by atoms with Gasteiger partial charge in [0.05, 0.1) is 23.6 Å². The van der Waals surface area contributed by atoms with Crippen LogP contribution in [0, 0.1) is 18.6 Å². The molecule has 10 heteroatoms. The molecule has 0 atom stereocenters. The second kappa shape index (κ2) is 8.75. The number of aryl methyl sites for hydroxylation is 2. The fourth-order valence-corrected chi connectivity index (χ4v) is 4.60. The van der Waals surface area contributed by atoms with Gasteiger partial charge in [-0.3, -0.25) is 19.3 Å². The molecule has 30 heavy (non-hydrogen) atoms. The highest BCUT2D eigenvalue weighted by atomic mass is 32.1. The van der Waals surface area contributed by atoms with Crippen LogP contribution < -0.4 is 4.90 Å². The van der Waals surface area contributed by atoms with E-state index in [1.807, 2.05) is 6.92 Å². The van der Waals surface area contributed by atoms with E-state index in [-0.39, 0.29) is 11.4 Å². The highest BCUT2D eigenvalue weighted by Gasteiger charge is 2.25. The van der Waals surface area contributed by atoms with E-state index in [4.69, 9.17) is 4.74 Å². The maximum absolute atomic E-state index is 14.2. The van der Waals surface area contributed by atoms with Gasteiger partial charge in [0.15, 0.2) is 10.9 Å². The second-order valence-corrected chi connectivity index (χ2v) is 8.30. The lowest BCUT2D eigenvalue weighted by molar-refractivity contribution is 0.0376. The van der Waals surface area contributed by atoms with Crippen molar-refractivity contribution in [2.24, 2.45) is 7.05 Å². The number of rotatable bonds is 6. The number of benzene rings is 1. The van der Waals surface area contributed by atoms with E-state index < -0.39 is 11.6 Å². The number of carbonyl (C=O) groups excluding carboxylic acids is 1. The number of nitrogens with zero attached hydrogens (tertiary/aromatic N) is 5. The lowest BCUT2D eigenvalue weighted by atomic mass is 10.3. The summed E-state index contributed by atoms with van der Waals surface area (Å²) < 4.78 is 35.1. The van der Waals surface area contributed by atoms with Crippen LogP contribution in [-0.2, 0) is 11.8 Å². The first-order chi connectivity index (χ1) is 14.4. The predicted molar refractivity (Wildman–Crippen MR) is 111 cm³/mol. The van der Waals surface area contributed by atoms with Crippen LogP contribution in [-0.4, -0.2) is 65.0 Å². The summed E-state index contributed by atoms with van der Waals surface area (Å²) in [6.45, 7) is 6.17. The van der Waals surface area contributed by atoms with Crippen molar-refractivity contribution in [3.63, 3.8) is 0 Å². The summed E-state index contributed by atoms with van der Waals surface area (Å²) in [5, 5.41) is 4.60. The Morgan fingerprint density at radius 3 is 2.73 bits per heavy atom. The Kier molecular flexibility index (Phi) is 6.07. The molecule has 1 aliphatic rings. The monoisotopic (exact) mass is 435 g/mol. The molecule has 1 saturated heterocycles. The third-order valence-electron chi connectivity index (χ3n) is 5.06. The molecule has 3 heterocycles. The highest BCUT2D eigenvalue weighted by molar-refractivity contribution is 7.22. The van der Waals surface area contributed by atoms with Crippen LogP contribution in [0.15, 0.2) is 18.2 Å². The van der Waals surface area contributed by atoms with Crippen LogP contribution in [0.1, 0.15) is 22.6 Å². The van der Waals surface area contributed by atoms with Gasteiger partial charge in [0.25, 0.3) is 5.91 Å². The Balaban J connectivity index is 1.61. The van der Waals surface area contributed by atoms with Crippen molar-refractivity contribution >= 4 is 32.6 Å². The van der Waals surface area contributed by atoms with E-state index in [1.165, 1.54) is 10.7 Å². The molecule has 4 rings (SSSR count). The number of hydrogen-bond donors (Lipinski definition) is 0. The number of carbonyl (C=O) groups is 1. The first-order valence-corrected chi connectivity index (χ1v) is 10.6. The van der Waals surface area contributed by atoms with Crippen molar-refractivity contribution in [1.29, 1.82) is 0 Å². The summed E-state index contributed by atoms with van der Waals surface area (Å²) >= 11 is 1.11. The molecule has 3 aromatic rings. The van der Waals surface area contributed by atoms with Crippen molar-refractivity contribution in [1.82, 2.24) is 19.7 Å². The third-order valence-corrected chi connectivity index (χ3v) is 6.08. The van der Waals surface area contributed by atoms with Crippen molar-refractivity contribution in [3.05, 3.63) is 41.2 Å². The van der Waals surface area contributed by atoms with E-state index >= 15 is 0 Å². The predicted octanol–water partition coefficient (Wildman–Crippen LogP) is 2.99. The zero-order chi connectivity index (χ0) is 21.3. The minimum atomic E-state index is -0.732. The molecule has 0 N–H and O–H groups in total. The summed E-state index contributed by atoms with van der Waals surface area (Å²) in [6, 6.07) is 3.76. The Morgan fingerprint density at radius 1 is 1.27 bits per heavy atom. The van der Waals surface area contributed by atoms with Gasteiger partial charge in [-0.2, -0.15) is 5.10 Å². The molecule has 2 aromatic heterocycles. The molecule has 0 unspecified atom stereocenters. The molecule has 7 nitrogen and oxygen atoms in total. The Hall–Kier alpha value is -2.43. The number of anilines is 1. The molecule has 0 aliphatic carbocycles. The molecular weight excluding hydrogens is 412 g/mol. The van der Waals surface area contributed by atoms with E-state index in [0.29, 0.717) is 35.3 Å². The SMILES string of the molecule is Cc1cc(C(=O)N(CCCN2CCOCC2)c2nc3c(F)cc(F)cc3s2)n(C)n1. The van der Waals surface area contributed by atoms with E-state index in [1.54, 1.807) is 18.0 Å². The lowest BCUT2D eigenvalue weighted by Gasteiger charge is -2.27. The third kappa shape index (κ3) is 4.35. The normalized spacial score (nSPS) is 15.1. The zero-order valence-electron chi connectivity index (χ0n) is 16.9. The molecule has 160 valence electrons. The number of halogens is 2. The molecule has 0 saturated carbocycles. The molecule has 1 aliphatic heterocycles. The minimum absolute atomic E-state index is 0.0727. The summed E-state index contributed by atoms with van der Waals surface area (Å²) in [4.78, 5) is 21.5. The quantitative estimate of drug-likeness (QED) is 0.596. The number of amides is 1. The molecule has 1 aromatic carbocycles. The Labute approximate surface area is 176 Å². The largest absolute Gasteiger partial charge is 0.379 e. The van der Waals surface area contributed by atoms with Gasteiger partial charge in [-0.1, -0.05) is 11.3 Å². The average molecular weight is 436 g/mol.